The zero-order chi connectivity index (χ0) is 28.3. The van der Waals surface area contributed by atoms with E-state index in [1.54, 1.807) is 23.7 Å². The number of piperazine rings is 1. The van der Waals surface area contributed by atoms with Gasteiger partial charge in [0.1, 0.15) is 0 Å². The molecule has 1 aliphatic heterocycles. The number of aliphatic imine (C=N–C) groups is 2. The molecule has 1 atom stereocenters. The normalized spacial score (nSPS) is 16.0. The highest BCUT2D eigenvalue weighted by atomic mass is 16.1. The summed E-state index contributed by atoms with van der Waals surface area (Å²) in [6.07, 6.45) is 1.62. The summed E-state index contributed by atoms with van der Waals surface area (Å²) in [5.41, 5.74) is 3.05. The molecular formula is C28H37N9O2. The summed E-state index contributed by atoms with van der Waals surface area (Å²) in [6, 6.07) is 9.40. The molecule has 2 N–H and O–H groups in total. The molecule has 206 valence electrons. The number of aryl methyl sites for hydroxylation is 1. The molecule has 0 unspecified atom stereocenters. The first kappa shape index (κ1) is 27.8. The van der Waals surface area contributed by atoms with Gasteiger partial charge in [-0.05, 0) is 71.2 Å². The molecule has 3 heterocycles. The van der Waals surface area contributed by atoms with Gasteiger partial charge in [-0.2, -0.15) is 4.99 Å². The fourth-order valence-electron chi connectivity index (χ4n) is 4.77. The second-order valence-corrected chi connectivity index (χ2v) is 10.0. The average Bonchev–Trinajstić information content (AvgIpc) is 3.13. The topological polar surface area (TPSA) is 114 Å². The predicted molar refractivity (Wildman–Crippen MR) is 159 cm³/mol. The Labute approximate surface area is 228 Å². The lowest BCUT2D eigenvalue weighted by molar-refractivity contribution is 0.484. The molecule has 1 aromatic carbocycles. The summed E-state index contributed by atoms with van der Waals surface area (Å²) < 4.78 is 4.44. The number of hydrogen-bond donors (Lipinski definition) is 2. The second-order valence-electron chi connectivity index (χ2n) is 10.0. The molecule has 0 amide bonds. The van der Waals surface area contributed by atoms with E-state index in [1.807, 2.05) is 26.0 Å². The molecule has 0 spiro atoms. The highest BCUT2D eigenvalue weighted by Gasteiger charge is 2.21. The lowest BCUT2D eigenvalue weighted by Crippen LogP contribution is -2.49. The molecular weight excluding hydrogens is 494 g/mol. The fraction of sp³-hybridized carbons (Fsp3) is 0.393. The van der Waals surface area contributed by atoms with Crippen molar-refractivity contribution < 1.29 is 0 Å². The number of guanidine groups is 1. The Morgan fingerprint density at radius 2 is 2.03 bits per heavy atom. The molecule has 1 saturated heterocycles. The van der Waals surface area contributed by atoms with Crippen LogP contribution in [0.3, 0.4) is 0 Å². The first-order valence-electron chi connectivity index (χ1n) is 13.1. The minimum atomic E-state index is -0.244. The third-order valence-corrected chi connectivity index (χ3v) is 6.68. The van der Waals surface area contributed by atoms with Gasteiger partial charge in [-0.15, -0.1) is 11.7 Å². The van der Waals surface area contributed by atoms with Crippen LogP contribution in [0.5, 0.6) is 0 Å². The van der Waals surface area contributed by atoms with Crippen molar-refractivity contribution in [2.45, 2.75) is 53.2 Å². The van der Waals surface area contributed by atoms with Gasteiger partial charge in [0.15, 0.2) is 11.6 Å². The number of benzene rings is 1. The van der Waals surface area contributed by atoms with E-state index in [1.165, 1.54) is 21.1 Å². The molecule has 3 aromatic rings. The molecule has 39 heavy (non-hydrogen) atoms. The van der Waals surface area contributed by atoms with E-state index in [-0.39, 0.29) is 29.7 Å². The minimum absolute atomic E-state index is 0.164. The lowest BCUT2D eigenvalue weighted by atomic mass is 10.1. The van der Waals surface area contributed by atoms with Crippen molar-refractivity contribution >= 4 is 29.9 Å². The zero-order valence-corrected chi connectivity index (χ0v) is 23.3. The summed E-state index contributed by atoms with van der Waals surface area (Å²) in [5, 5.41) is 11.2. The standard InChI is InChI=1S/C28H37N9O2/c1-8-14-35-27(39)21(6)26(37(35)24-11-12-25(38)36(33-24)18(2)3)32-28(29-7)31-22-9-10-23(19(4)16-22)34-15-13-30-20(5)17-34/h8-12,16,18,20,30H,1,7,13-15,17H2,2-6H3,(H,31,32)/t20-/m1/s1. The van der Waals surface area contributed by atoms with Crippen LogP contribution < -0.4 is 26.7 Å². The van der Waals surface area contributed by atoms with Crippen LogP contribution in [-0.4, -0.2) is 57.5 Å². The maximum Gasteiger partial charge on any atom is 0.272 e. The van der Waals surface area contributed by atoms with Crippen LogP contribution in [0.4, 0.5) is 17.2 Å². The Morgan fingerprint density at radius 1 is 1.26 bits per heavy atom. The molecule has 2 aromatic heterocycles. The largest absolute Gasteiger partial charge is 0.368 e. The van der Waals surface area contributed by atoms with E-state index in [9.17, 15) is 9.59 Å². The molecule has 1 fully saturated rings. The SMILES string of the molecule is C=CCn1c(=O)c(C)c(N=C(N=C)Nc2ccc(N3CCN[C@H](C)C3)c(C)c2)n1-c1ccc(=O)n(C(C)C)n1. The Kier molecular flexibility index (Phi) is 8.29. The van der Waals surface area contributed by atoms with E-state index < -0.39 is 0 Å². The highest BCUT2D eigenvalue weighted by Crippen LogP contribution is 2.26. The maximum absolute atomic E-state index is 13.2. The van der Waals surface area contributed by atoms with Gasteiger partial charge in [0, 0.05) is 43.1 Å². The van der Waals surface area contributed by atoms with Gasteiger partial charge in [0.25, 0.3) is 11.1 Å². The zero-order valence-electron chi connectivity index (χ0n) is 23.3. The van der Waals surface area contributed by atoms with Crippen molar-refractivity contribution in [2.75, 3.05) is 29.9 Å². The number of nitrogens with zero attached hydrogens (tertiary/aromatic N) is 7. The van der Waals surface area contributed by atoms with E-state index in [0.717, 1.165) is 30.9 Å². The van der Waals surface area contributed by atoms with Crippen LogP contribution in [-0.2, 0) is 6.54 Å². The predicted octanol–water partition coefficient (Wildman–Crippen LogP) is 3.18. The maximum atomic E-state index is 13.2. The summed E-state index contributed by atoms with van der Waals surface area (Å²) in [6.45, 7) is 20.3. The smallest absolute Gasteiger partial charge is 0.272 e. The summed E-state index contributed by atoms with van der Waals surface area (Å²) >= 11 is 0. The van der Waals surface area contributed by atoms with Crippen LogP contribution >= 0.6 is 0 Å². The third kappa shape index (κ3) is 5.78. The van der Waals surface area contributed by atoms with Crippen LogP contribution in [0.15, 0.2) is 62.6 Å². The van der Waals surface area contributed by atoms with Gasteiger partial charge in [-0.3, -0.25) is 9.59 Å². The number of anilines is 2. The summed E-state index contributed by atoms with van der Waals surface area (Å²) in [7, 11) is 0. The second kappa shape index (κ2) is 11.6. The molecule has 0 radical (unpaired) electrons. The summed E-state index contributed by atoms with van der Waals surface area (Å²) in [4.78, 5) is 36.7. The van der Waals surface area contributed by atoms with E-state index in [2.05, 4.69) is 58.8 Å². The molecule has 0 saturated carbocycles. The van der Waals surface area contributed by atoms with Crippen LogP contribution in [0.2, 0.25) is 0 Å². The number of aromatic nitrogens is 4. The Balaban J connectivity index is 1.75. The van der Waals surface area contributed by atoms with Crippen LogP contribution in [0.25, 0.3) is 5.82 Å². The third-order valence-electron chi connectivity index (χ3n) is 6.68. The van der Waals surface area contributed by atoms with Crippen molar-refractivity contribution in [3.05, 3.63) is 74.8 Å². The molecule has 4 rings (SSSR count). The lowest BCUT2D eigenvalue weighted by Gasteiger charge is -2.34. The number of hydrogen-bond acceptors (Lipinski definition) is 6. The van der Waals surface area contributed by atoms with Gasteiger partial charge in [-0.25, -0.2) is 19.0 Å². The van der Waals surface area contributed by atoms with Crippen molar-refractivity contribution in [3.63, 3.8) is 0 Å². The van der Waals surface area contributed by atoms with E-state index >= 15 is 0 Å². The van der Waals surface area contributed by atoms with Crippen molar-refractivity contribution in [3.8, 4) is 5.82 Å². The average molecular weight is 532 g/mol. The van der Waals surface area contributed by atoms with E-state index in [0.29, 0.717) is 23.2 Å². The Hall–Kier alpha value is -4.25. The Morgan fingerprint density at radius 3 is 2.67 bits per heavy atom. The fourth-order valence-corrected chi connectivity index (χ4v) is 4.77. The molecule has 0 bridgehead atoms. The van der Waals surface area contributed by atoms with Crippen molar-refractivity contribution in [1.29, 1.82) is 0 Å². The minimum Gasteiger partial charge on any atom is -0.368 e. The van der Waals surface area contributed by atoms with Crippen molar-refractivity contribution in [1.82, 2.24) is 24.5 Å². The number of nitrogens with one attached hydrogen (secondary N) is 2. The van der Waals surface area contributed by atoms with Gasteiger partial charge < -0.3 is 15.5 Å². The van der Waals surface area contributed by atoms with Crippen molar-refractivity contribution in [2.24, 2.45) is 9.98 Å². The van der Waals surface area contributed by atoms with Gasteiger partial charge in [0.05, 0.1) is 18.2 Å². The number of rotatable bonds is 7. The van der Waals surface area contributed by atoms with E-state index in [4.69, 9.17) is 4.99 Å². The van der Waals surface area contributed by atoms with Crippen LogP contribution in [0.1, 0.15) is 37.9 Å². The molecule has 11 heteroatoms. The number of allylic oxidation sites excluding steroid dienone is 1. The van der Waals surface area contributed by atoms with Gasteiger partial charge in [-0.1, -0.05) is 6.08 Å². The molecule has 11 nitrogen and oxygen atoms in total. The highest BCUT2D eigenvalue weighted by molar-refractivity contribution is 5.98. The molecule has 1 aliphatic rings. The molecule has 0 aliphatic carbocycles. The first-order chi connectivity index (χ1) is 18.6. The van der Waals surface area contributed by atoms with Gasteiger partial charge >= 0.3 is 0 Å². The Bertz CT molecular complexity index is 1530. The monoisotopic (exact) mass is 531 g/mol. The summed E-state index contributed by atoms with van der Waals surface area (Å²) in [5.74, 6) is 0.937. The first-order valence-corrected chi connectivity index (χ1v) is 13.1. The van der Waals surface area contributed by atoms with Gasteiger partial charge in [0.2, 0.25) is 5.96 Å². The van der Waals surface area contributed by atoms with Crippen LogP contribution in [0, 0.1) is 13.8 Å². The quantitative estimate of drug-likeness (QED) is 0.275.